The summed E-state index contributed by atoms with van der Waals surface area (Å²) in [7, 11) is -3.94. The molecule has 0 radical (unpaired) electrons. The lowest BCUT2D eigenvalue weighted by Crippen LogP contribution is -2.12. The maximum absolute atomic E-state index is 13.9. The van der Waals surface area contributed by atoms with Gasteiger partial charge in [0.05, 0.1) is 4.90 Å². The minimum absolute atomic E-state index is 0.000862. The number of hydrogen-bond donors (Lipinski definition) is 0. The Morgan fingerprint density at radius 1 is 0.889 bits per heavy atom. The Morgan fingerprint density at radius 2 is 1.39 bits per heavy atom. The second-order valence-electron chi connectivity index (χ2n) is 3.56. The molecule has 0 fully saturated rings. The molecule has 18 heavy (non-hydrogen) atoms. The Morgan fingerprint density at radius 3 is 1.94 bits per heavy atom. The predicted octanol–water partition coefficient (Wildman–Crippen LogP) is 3.51. The molecule has 0 aliphatic heterocycles. The van der Waals surface area contributed by atoms with Gasteiger partial charge in [-0.1, -0.05) is 48.2 Å². The molecule has 0 spiro atoms. The summed E-state index contributed by atoms with van der Waals surface area (Å²) in [4.78, 5) is -1.41. The van der Waals surface area contributed by atoms with Crippen molar-refractivity contribution in [2.45, 2.75) is 14.6 Å². The van der Waals surface area contributed by atoms with Crippen molar-refractivity contribution >= 4 is 21.6 Å². The van der Waals surface area contributed by atoms with E-state index in [9.17, 15) is 12.8 Å². The molecule has 2 aromatic carbocycles. The lowest BCUT2D eigenvalue weighted by Gasteiger charge is -2.09. The molecular weight excluding hydrogens is 271 g/mol. The molecule has 1 atom stereocenters. The van der Waals surface area contributed by atoms with E-state index in [1.54, 1.807) is 48.5 Å². The second-order valence-corrected chi connectivity index (χ2v) is 6.96. The molecule has 0 amide bonds. The topological polar surface area (TPSA) is 34.1 Å². The number of alkyl halides is 1. The molecule has 0 saturated carbocycles. The maximum Gasteiger partial charge on any atom is 0.255 e. The van der Waals surface area contributed by atoms with Gasteiger partial charge in [-0.3, -0.25) is 0 Å². The first-order chi connectivity index (χ1) is 8.60. The zero-order valence-electron chi connectivity index (χ0n) is 9.36. The van der Waals surface area contributed by atoms with E-state index < -0.39 is 14.7 Å². The maximum atomic E-state index is 13.9. The van der Waals surface area contributed by atoms with Crippen molar-refractivity contribution in [3.05, 3.63) is 60.7 Å². The van der Waals surface area contributed by atoms with Gasteiger partial charge in [-0.25, -0.2) is 12.8 Å². The van der Waals surface area contributed by atoms with Crippen LogP contribution in [-0.2, 0) is 9.84 Å². The van der Waals surface area contributed by atoms with Crippen LogP contribution in [0.15, 0.2) is 70.5 Å². The summed E-state index contributed by atoms with van der Waals surface area (Å²) in [5, 5.41) is 0. The molecule has 0 heterocycles. The molecule has 0 aliphatic carbocycles. The molecule has 0 bridgehead atoms. The number of thioether (sulfide) groups is 1. The Bertz CT molecular complexity index is 597. The number of sulfone groups is 1. The van der Waals surface area contributed by atoms with E-state index in [1.807, 2.05) is 0 Å². The first kappa shape index (κ1) is 13.1. The molecule has 0 N–H and O–H groups in total. The third kappa shape index (κ3) is 2.91. The van der Waals surface area contributed by atoms with Gasteiger partial charge >= 0.3 is 0 Å². The van der Waals surface area contributed by atoms with Crippen LogP contribution in [0.4, 0.5) is 4.39 Å². The number of hydrogen-bond acceptors (Lipinski definition) is 3. The fourth-order valence-corrected chi connectivity index (χ4v) is 3.84. The fraction of sp³-hybridized carbons (Fsp3) is 0.0769. The molecule has 5 heteroatoms. The van der Waals surface area contributed by atoms with Crippen molar-refractivity contribution in [1.29, 1.82) is 0 Å². The van der Waals surface area contributed by atoms with E-state index in [1.165, 1.54) is 12.1 Å². The van der Waals surface area contributed by atoms with E-state index >= 15 is 0 Å². The summed E-state index contributed by atoms with van der Waals surface area (Å²) in [5.74, 6) is 0. The van der Waals surface area contributed by atoms with Gasteiger partial charge in [-0.05, 0) is 24.3 Å². The van der Waals surface area contributed by atoms with Crippen LogP contribution in [0.25, 0.3) is 0 Å². The van der Waals surface area contributed by atoms with E-state index in [0.717, 1.165) is 0 Å². The average Bonchev–Trinajstić information content (AvgIpc) is 2.41. The molecular formula is C13H11FO2S2. The van der Waals surface area contributed by atoms with Crippen molar-refractivity contribution in [2.75, 3.05) is 0 Å². The van der Waals surface area contributed by atoms with Gasteiger partial charge in [-0.2, -0.15) is 0 Å². The SMILES string of the molecule is O=S(=O)(c1ccccc1)C(F)Sc1ccccc1. The number of halogens is 1. The monoisotopic (exact) mass is 282 g/mol. The molecule has 94 valence electrons. The molecule has 0 aliphatic rings. The van der Waals surface area contributed by atoms with E-state index in [-0.39, 0.29) is 4.90 Å². The lowest BCUT2D eigenvalue weighted by molar-refractivity contribution is 0.509. The highest BCUT2D eigenvalue weighted by Gasteiger charge is 2.27. The lowest BCUT2D eigenvalue weighted by atomic mass is 10.4. The normalized spacial score (nSPS) is 13.2. The summed E-state index contributed by atoms with van der Waals surface area (Å²) < 4.78 is 37.8. The van der Waals surface area contributed by atoms with Gasteiger partial charge in [0.25, 0.3) is 4.84 Å². The molecule has 2 rings (SSSR count). The van der Waals surface area contributed by atoms with E-state index in [2.05, 4.69) is 0 Å². The molecule has 1 unspecified atom stereocenters. The van der Waals surface area contributed by atoms with E-state index in [4.69, 9.17) is 0 Å². The quantitative estimate of drug-likeness (QED) is 0.805. The Balaban J connectivity index is 2.21. The van der Waals surface area contributed by atoms with Gasteiger partial charge in [0.1, 0.15) is 0 Å². The van der Waals surface area contributed by atoms with Crippen LogP contribution in [-0.4, -0.2) is 13.3 Å². The van der Waals surface area contributed by atoms with Crippen molar-refractivity contribution in [3.8, 4) is 0 Å². The highest BCUT2D eigenvalue weighted by molar-refractivity contribution is 8.13. The third-order valence-corrected chi connectivity index (χ3v) is 5.48. The smallest absolute Gasteiger partial charge is 0.220 e. The summed E-state index contributed by atoms with van der Waals surface area (Å²) in [5.41, 5.74) is 0. The highest BCUT2D eigenvalue weighted by atomic mass is 32.3. The zero-order chi connectivity index (χ0) is 13.0. The van der Waals surface area contributed by atoms with Crippen LogP contribution in [0.3, 0.4) is 0 Å². The molecule has 2 aromatic rings. The summed E-state index contributed by atoms with van der Waals surface area (Å²) in [6.45, 7) is 0. The van der Waals surface area contributed by atoms with Crippen molar-refractivity contribution in [1.82, 2.24) is 0 Å². The number of benzene rings is 2. The Hall–Kier alpha value is -1.33. The van der Waals surface area contributed by atoms with E-state index in [0.29, 0.717) is 16.7 Å². The first-order valence-corrected chi connectivity index (χ1v) is 7.68. The van der Waals surface area contributed by atoms with Crippen LogP contribution in [0.5, 0.6) is 0 Å². The van der Waals surface area contributed by atoms with Gasteiger partial charge in [0, 0.05) is 4.90 Å². The largest absolute Gasteiger partial charge is 0.255 e. The fourth-order valence-electron chi connectivity index (χ4n) is 1.39. The molecule has 2 nitrogen and oxygen atoms in total. The molecule has 0 saturated heterocycles. The zero-order valence-corrected chi connectivity index (χ0v) is 11.0. The van der Waals surface area contributed by atoms with Crippen LogP contribution in [0.2, 0.25) is 0 Å². The predicted molar refractivity (Wildman–Crippen MR) is 70.8 cm³/mol. The highest BCUT2D eigenvalue weighted by Crippen LogP contribution is 2.31. The van der Waals surface area contributed by atoms with Crippen LogP contribution < -0.4 is 0 Å². The number of rotatable bonds is 4. The van der Waals surface area contributed by atoms with Gasteiger partial charge in [0.2, 0.25) is 9.84 Å². The summed E-state index contributed by atoms with van der Waals surface area (Å²) >= 11 is 0.691. The summed E-state index contributed by atoms with van der Waals surface area (Å²) in [6, 6.07) is 16.3. The average molecular weight is 282 g/mol. The summed E-state index contributed by atoms with van der Waals surface area (Å²) in [6.07, 6.45) is 0. The van der Waals surface area contributed by atoms with Gasteiger partial charge < -0.3 is 0 Å². The van der Waals surface area contributed by atoms with Crippen LogP contribution in [0, 0.1) is 0 Å². The van der Waals surface area contributed by atoms with Crippen molar-refractivity contribution < 1.29 is 12.8 Å². The van der Waals surface area contributed by atoms with Crippen LogP contribution in [0.1, 0.15) is 0 Å². The Labute approximate surface area is 110 Å². The Kier molecular flexibility index (Phi) is 4.04. The van der Waals surface area contributed by atoms with Gasteiger partial charge in [0.15, 0.2) is 0 Å². The second kappa shape index (κ2) is 5.54. The first-order valence-electron chi connectivity index (χ1n) is 5.25. The molecule has 0 aromatic heterocycles. The van der Waals surface area contributed by atoms with Crippen LogP contribution >= 0.6 is 11.8 Å². The van der Waals surface area contributed by atoms with Crippen molar-refractivity contribution in [3.63, 3.8) is 0 Å². The minimum atomic E-state index is -3.94. The third-order valence-electron chi connectivity index (χ3n) is 2.29. The minimum Gasteiger partial charge on any atom is -0.220 e. The van der Waals surface area contributed by atoms with Gasteiger partial charge in [-0.15, -0.1) is 0 Å². The standard InChI is InChI=1S/C13H11FO2S2/c14-13(17-11-7-3-1-4-8-11)18(15,16)12-9-5-2-6-10-12/h1-10,13H. The van der Waals surface area contributed by atoms with Crippen molar-refractivity contribution in [2.24, 2.45) is 0 Å².